The van der Waals surface area contributed by atoms with Gasteiger partial charge in [0, 0.05) is 5.69 Å². The third-order valence-electron chi connectivity index (χ3n) is 5.07. The van der Waals surface area contributed by atoms with E-state index in [0.717, 1.165) is 34.7 Å². The first kappa shape index (κ1) is 20.7. The summed E-state index contributed by atoms with van der Waals surface area (Å²) in [6.45, 7) is 1.80. The zero-order chi connectivity index (χ0) is 22.3. The number of hydrogen-bond donors (Lipinski definition) is 1. The Balaban J connectivity index is 1.93. The number of rotatable bonds is 4. The van der Waals surface area contributed by atoms with Crippen molar-refractivity contribution in [2.45, 2.75) is 17.9 Å². The maximum absolute atomic E-state index is 13.5. The average molecular weight is 441 g/mol. The van der Waals surface area contributed by atoms with Gasteiger partial charge in [0.15, 0.2) is 5.76 Å². The highest BCUT2D eigenvalue weighted by Gasteiger charge is 2.47. The van der Waals surface area contributed by atoms with Crippen molar-refractivity contribution in [2.24, 2.45) is 0 Å². The summed E-state index contributed by atoms with van der Waals surface area (Å²) in [6, 6.07) is 14.5. The smallest absolute Gasteiger partial charge is 0.295 e. The highest BCUT2D eigenvalue weighted by molar-refractivity contribution is 7.95. The van der Waals surface area contributed by atoms with Gasteiger partial charge in [-0.05, 0) is 61.0 Å². The summed E-state index contributed by atoms with van der Waals surface area (Å²) in [7, 11) is -4.29. The number of amides is 1. The number of carbonyl (C=O) groups excluding carboxylic acids is 1. The Morgan fingerprint density at radius 1 is 0.839 bits per heavy atom. The van der Waals surface area contributed by atoms with Gasteiger partial charge in [0.2, 0.25) is 9.84 Å². The summed E-state index contributed by atoms with van der Waals surface area (Å²) in [5, 5.41) is 10.6. The molecule has 0 aromatic heterocycles. The summed E-state index contributed by atoms with van der Waals surface area (Å²) in [4.78, 5) is 13.4. The number of sulfone groups is 1. The number of nitrogens with zero attached hydrogens (tertiary/aromatic N) is 1. The Bertz CT molecular complexity index is 1280. The Morgan fingerprint density at radius 3 is 1.90 bits per heavy atom. The van der Waals surface area contributed by atoms with Crippen molar-refractivity contribution in [1.82, 2.24) is 0 Å². The first-order chi connectivity index (χ1) is 14.7. The Hall–Kier alpha value is -3.52. The SMILES string of the molecule is Cc1ccc(S(=O)(=O)C2=C(O)C(=O)N(c3ccc(F)cc3)[C@H]2c2ccc(F)cc2)cc1. The minimum absolute atomic E-state index is 0.0967. The third kappa shape index (κ3) is 3.59. The van der Waals surface area contributed by atoms with Crippen molar-refractivity contribution >= 4 is 21.4 Å². The van der Waals surface area contributed by atoms with E-state index in [-0.39, 0.29) is 16.1 Å². The number of aliphatic hydroxyl groups excluding tert-OH is 1. The molecule has 1 atom stereocenters. The van der Waals surface area contributed by atoms with Gasteiger partial charge < -0.3 is 5.11 Å². The van der Waals surface area contributed by atoms with E-state index in [2.05, 4.69) is 0 Å². The molecule has 31 heavy (non-hydrogen) atoms. The minimum atomic E-state index is -4.29. The van der Waals surface area contributed by atoms with E-state index in [0.29, 0.717) is 0 Å². The second kappa shape index (κ2) is 7.63. The standard InChI is InChI=1S/C23H17F2NO4S/c1-14-2-12-19(13-3-14)31(29,30)22-20(15-4-6-16(24)7-5-15)26(23(28)21(22)27)18-10-8-17(25)9-11-18/h2-13,20,27H,1H3/t20-/m0/s1. The zero-order valence-corrected chi connectivity index (χ0v) is 17.1. The fraction of sp³-hybridized carbons (Fsp3) is 0.0870. The van der Waals surface area contributed by atoms with Gasteiger partial charge in [-0.15, -0.1) is 0 Å². The lowest BCUT2D eigenvalue weighted by atomic mass is 10.1. The van der Waals surface area contributed by atoms with Crippen molar-refractivity contribution in [3.05, 3.63) is 106 Å². The molecule has 0 saturated carbocycles. The number of carbonyl (C=O) groups is 1. The molecular formula is C23H17F2NO4S. The van der Waals surface area contributed by atoms with Crippen LogP contribution in [0.25, 0.3) is 0 Å². The van der Waals surface area contributed by atoms with Crippen LogP contribution in [-0.4, -0.2) is 19.4 Å². The van der Waals surface area contributed by atoms with Crippen LogP contribution in [0.2, 0.25) is 0 Å². The van der Waals surface area contributed by atoms with E-state index in [4.69, 9.17) is 0 Å². The number of anilines is 1. The molecule has 1 amide bonds. The van der Waals surface area contributed by atoms with Crippen LogP contribution in [0.3, 0.4) is 0 Å². The van der Waals surface area contributed by atoms with Gasteiger partial charge in [0.25, 0.3) is 5.91 Å². The Morgan fingerprint density at radius 2 is 1.35 bits per heavy atom. The van der Waals surface area contributed by atoms with E-state index >= 15 is 0 Å². The normalized spacial score (nSPS) is 16.8. The van der Waals surface area contributed by atoms with E-state index in [1.165, 1.54) is 36.4 Å². The van der Waals surface area contributed by atoms with Crippen LogP contribution in [-0.2, 0) is 14.6 Å². The molecule has 1 heterocycles. The van der Waals surface area contributed by atoms with E-state index in [9.17, 15) is 27.1 Å². The molecule has 3 aromatic carbocycles. The molecule has 0 aliphatic carbocycles. The van der Waals surface area contributed by atoms with E-state index < -0.39 is 44.1 Å². The molecule has 0 bridgehead atoms. The van der Waals surface area contributed by atoms with Gasteiger partial charge in [-0.3, -0.25) is 9.69 Å². The lowest BCUT2D eigenvalue weighted by Crippen LogP contribution is -2.31. The molecule has 0 radical (unpaired) electrons. The maximum Gasteiger partial charge on any atom is 0.295 e. The summed E-state index contributed by atoms with van der Waals surface area (Å²) in [6.07, 6.45) is 0. The number of aliphatic hydroxyl groups is 1. The summed E-state index contributed by atoms with van der Waals surface area (Å²) >= 11 is 0. The predicted octanol–water partition coefficient (Wildman–Crippen LogP) is 4.60. The van der Waals surface area contributed by atoms with Gasteiger partial charge in [-0.25, -0.2) is 17.2 Å². The van der Waals surface area contributed by atoms with Gasteiger partial charge in [0.1, 0.15) is 22.6 Å². The van der Waals surface area contributed by atoms with Crippen LogP contribution in [0.4, 0.5) is 14.5 Å². The van der Waals surface area contributed by atoms with E-state index in [1.807, 2.05) is 0 Å². The summed E-state index contributed by atoms with van der Waals surface area (Å²) < 4.78 is 53.9. The summed E-state index contributed by atoms with van der Waals surface area (Å²) in [5.41, 5.74) is 1.29. The molecule has 0 spiro atoms. The fourth-order valence-electron chi connectivity index (χ4n) is 3.52. The lowest BCUT2D eigenvalue weighted by Gasteiger charge is -2.27. The topological polar surface area (TPSA) is 74.7 Å². The fourth-order valence-corrected chi connectivity index (χ4v) is 5.14. The highest BCUT2D eigenvalue weighted by Crippen LogP contribution is 2.44. The van der Waals surface area contributed by atoms with Gasteiger partial charge in [0.05, 0.1) is 4.90 Å². The first-order valence-corrected chi connectivity index (χ1v) is 10.8. The molecule has 1 aliphatic heterocycles. The van der Waals surface area contributed by atoms with Crippen LogP contribution in [0.1, 0.15) is 17.2 Å². The predicted molar refractivity (Wildman–Crippen MR) is 111 cm³/mol. The van der Waals surface area contributed by atoms with Crippen LogP contribution in [0.15, 0.2) is 88.4 Å². The first-order valence-electron chi connectivity index (χ1n) is 9.29. The molecule has 5 nitrogen and oxygen atoms in total. The van der Waals surface area contributed by atoms with Crippen molar-refractivity contribution in [1.29, 1.82) is 0 Å². The highest BCUT2D eigenvalue weighted by atomic mass is 32.2. The number of halogens is 2. The van der Waals surface area contributed by atoms with Crippen molar-refractivity contribution in [3.8, 4) is 0 Å². The maximum atomic E-state index is 13.5. The van der Waals surface area contributed by atoms with Crippen LogP contribution in [0, 0.1) is 18.6 Å². The molecule has 4 rings (SSSR count). The second-order valence-electron chi connectivity index (χ2n) is 7.14. The monoisotopic (exact) mass is 441 g/mol. The van der Waals surface area contributed by atoms with Crippen LogP contribution >= 0.6 is 0 Å². The lowest BCUT2D eigenvalue weighted by molar-refractivity contribution is -0.117. The molecule has 0 unspecified atom stereocenters. The zero-order valence-electron chi connectivity index (χ0n) is 16.3. The Kier molecular flexibility index (Phi) is 5.10. The molecule has 1 aliphatic rings. The van der Waals surface area contributed by atoms with Crippen LogP contribution < -0.4 is 4.90 Å². The molecule has 3 aromatic rings. The van der Waals surface area contributed by atoms with Crippen molar-refractivity contribution < 1.29 is 27.1 Å². The molecule has 8 heteroatoms. The number of aryl methyl sites for hydroxylation is 1. The number of benzene rings is 3. The average Bonchev–Trinajstić information content (AvgIpc) is 3.01. The van der Waals surface area contributed by atoms with E-state index in [1.54, 1.807) is 19.1 Å². The second-order valence-corrected chi connectivity index (χ2v) is 9.05. The van der Waals surface area contributed by atoms with Crippen molar-refractivity contribution in [2.75, 3.05) is 4.90 Å². The quantitative estimate of drug-likeness (QED) is 0.642. The van der Waals surface area contributed by atoms with Gasteiger partial charge in [-0.1, -0.05) is 29.8 Å². The molecule has 0 fully saturated rings. The molecular weight excluding hydrogens is 424 g/mol. The van der Waals surface area contributed by atoms with Crippen molar-refractivity contribution in [3.63, 3.8) is 0 Å². The Labute approximate surface area is 177 Å². The van der Waals surface area contributed by atoms with Gasteiger partial charge in [-0.2, -0.15) is 0 Å². The largest absolute Gasteiger partial charge is 0.502 e. The molecule has 0 saturated heterocycles. The molecule has 158 valence electrons. The van der Waals surface area contributed by atoms with Crippen LogP contribution in [0.5, 0.6) is 0 Å². The third-order valence-corrected chi connectivity index (χ3v) is 6.96. The number of hydrogen-bond acceptors (Lipinski definition) is 4. The summed E-state index contributed by atoms with van der Waals surface area (Å²) in [5.74, 6) is -2.97. The van der Waals surface area contributed by atoms with Gasteiger partial charge >= 0.3 is 0 Å². The molecule has 1 N–H and O–H groups in total. The minimum Gasteiger partial charge on any atom is -0.502 e.